The third kappa shape index (κ3) is 5.40. The molecule has 10 heteroatoms. The van der Waals surface area contributed by atoms with Gasteiger partial charge in [0.2, 0.25) is 0 Å². The Balaban J connectivity index is 1.40. The largest absolute Gasteiger partial charge is 0.416 e. The molecule has 2 aromatic heterocycles. The first-order valence-corrected chi connectivity index (χ1v) is 12.6. The molecule has 0 amide bonds. The summed E-state index contributed by atoms with van der Waals surface area (Å²) >= 11 is 0. The smallest absolute Gasteiger partial charge is 0.299 e. The van der Waals surface area contributed by atoms with E-state index >= 15 is 0 Å². The summed E-state index contributed by atoms with van der Waals surface area (Å²) in [4.78, 5) is 15.3. The SMILES string of the molecule is Cc1ccc(CC(=O)c2cc(CN3CCCC3)cc(C(F)(F)F)c2)cc1-n1cc(-c2cnn(C)c2C)nn1. The highest BCUT2D eigenvalue weighted by Crippen LogP contribution is 2.32. The van der Waals surface area contributed by atoms with Crippen LogP contribution in [0.15, 0.2) is 48.8 Å². The van der Waals surface area contributed by atoms with Crippen LogP contribution in [0, 0.1) is 13.8 Å². The Morgan fingerprint density at radius 3 is 2.47 bits per heavy atom. The van der Waals surface area contributed by atoms with Crippen molar-refractivity contribution in [3.8, 4) is 16.9 Å². The second-order valence-electron chi connectivity index (χ2n) is 9.94. The average Bonchev–Trinajstić information content (AvgIpc) is 3.63. The van der Waals surface area contributed by atoms with E-state index < -0.39 is 11.7 Å². The van der Waals surface area contributed by atoms with E-state index in [1.165, 1.54) is 0 Å². The van der Waals surface area contributed by atoms with Crippen LogP contribution in [0.2, 0.25) is 0 Å². The van der Waals surface area contributed by atoms with Crippen molar-refractivity contribution in [2.45, 2.75) is 45.8 Å². The molecule has 0 unspecified atom stereocenters. The van der Waals surface area contributed by atoms with Crippen molar-refractivity contribution >= 4 is 5.78 Å². The van der Waals surface area contributed by atoms with Crippen LogP contribution in [0.3, 0.4) is 0 Å². The number of Topliss-reactive ketones (excluding diaryl/α,β-unsaturated/α-hetero) is 1. The maximum Gasteiger partial charge on any atom is 0.416 e. The zero-order chi connectivity index (χ0) is 27.0. The van der Waals surface area contributed by atoms with E-state index in [1.807, 2.05) is 39.1 Å². The van der Waals surface area contributed by atoms with Crippen molar-refractivity contribution in [3.63, 3.8) is 0 Å². The van der Waals surface area contributed by atoms with Gasteiger partial charge in [-0.15, -0.1) is 5.10 Å². The summed E-state index contributed by atoms with van der Waals surface area (Å²) in [5, 5.41) is 12.8. The van der Waals surface area contributed by atoms with Gasteiger partial charge in [-0.3, -0.25) is 14.4 Å². The fourth-order valence-electron chi connectivity index (χ4n) is 4.86. The number of carbonyl (C=O) groups is 1. The van der Waals surface area contributed by atoms with E-state index in [2.05, 4.69) is 20.3 Å². The molecule has 38 heavy (non-hydrogen) atoms. The van der Waals surface area contributed by atoms with Crippen LogP contribution >= 0.6 is 0 Å². The van der Waals surface area contributed by atoms with Gasteiger partial charge in [0.1, 0.15) is 5.69 Å². The molecule has 1 aliphatic rings. The topological polar surface area (TPSA) is 68.8 Å². The molecule has 0 aliphatic carbocycles. The van der Waals surface area contributed by atoms with E-state index in [0.717, 1.165) is 60.6 Å². The van der Waals surface area contributed by atoms with Gasteiger partial charge in [-0.1, -0.05) is 17.3 Å². The lowest BCUT2D eigenvalue weighted by Gasteiger charge is -2.17. The van der Waals surface area contributed by atoms with Crippen LogP contribution in [0.5, 0.6) is 0 Å². The Bertz CT molecular complexity index is 1480. The van der Waals surface area contributed by atoms with Crippen molar-refractivity contribution in [3.05, 3.63) is 82.3 Å². The minimum absolute atomic E-state index is 0.0268. The molecule has 2 aromatic carbocycles. The molecule has 198 valence electrons. The Morgan fingerprint density at radius 2 is 1.79 bits per heavy atom. The van der Waals surface area contributed by atoms with Gasteiger partial charge in [-0.25, -0.2) is 4.68 Å². The van der Waals surface area contributed by atoms with E-state index in [9.17, 15) is 18.0 Å². The number of alkyl halides is 3. The number of hydrogen-bond acceptors (Lipinski definition) is 5. The number of hydrogen-bond donors (Lipinski definition) is 0. The van der Waals surface area contributed by atoms with Gasteiger partial charge in [0.25, 0.3) is 0 Å². The quantitative estimate of drug-likeness (QED) is 0.307. The number of carbonyl (C=O) groups excluding carboxylic acids is 1. The van der Waals surface area contributed by atoms with Crippen molar-refractivity contribution in [1.82, 2.24) is 29.7 Å². The Hall–Kier alpha value is -3.79. The molecule has 1 fully saturated rings. The number of ketones is 1. The van der Waals surface area contributed by atoms with Gasteiger partial charge in [0, 0.05) is 36.8 Å². The number of halogens is 3. The fraction of sp³-hybridized carbons (Fsp3) is 0.357. The molecule has 1 saturated heterocycles. The molecule has 0 atom stereocenters. The second kappa shape index (κ2) is 10.2. The summed E-state index contributed by atoms with van der Waals surface area (Å²) < 4.78 is 44.3. The Kier molecular flexibility index (Phi) is 6.92. The summed E-state index contributed by atoms with van der Waals surface area (Å²) in [6.45, 7) is 5.99. The first kappa shape index (κ1) is 25.8. The molecule has 4 aromatic rings. The first-order chi connectivity index (χ1) is 18.1. The lowest BCUT2D eigenvalue weighted by Crippen LogP contribution is -2.19. The Labute approximate surface area is 218 Å². The van der Waals surface area contributed by atoms with Gasteiger partial charge in [-0.05, 0) is 80.7 Å². The molecule has 0 N–H and O–H groups in total. The monoisotopic (exact) mass is 522 g/mol. The summed E-state index contributed by atoms with van der Waals surface area (Å²) in [5.41, 5.74) is 4.65. The lowest BCUT2D eigenvalue weighted by molar-refractivity contribution is -0.137. The minimum Gasteiger partial charge on any atom is -0.299 e. The van der Waals surface area contributed by atoms with Crippen molar-refractivity contribution in [2.24, 2.45) is 7.05 Å². The summed E-state index contributed by atoms with van der Waals surface area (Å²) in [6, 6.07) is 9.25. The van der Waals surface area contributed by atoms with Crippen LogP contribution in [-0.4, -0.2) is 48.5 Å². The predicted molar refractivity (Wildman–Crippen MR) is 137 cm³/mol. The van der Waals surface area contributed by atoms with Crippen LogP contribution in [0.4, 0.5) is 13.2 Å². The zero-order valence-corrected chi connectivity index (χ0v) is 21.6. The van der Waals surface area contributed by atoms with Crippen molar-refractivity contribution in [1.29, 1.82) is 0 Å². The molecule has 5 rings (SSSR count). The third-order valence-corrected chi connectivity index (χ3v) is 7.14. The minimum atomic E-state index is -4.52. The van der Waals surface area contributed by atoms with E-state index in [0.29, 0.717) is 23.4 Å². The fourth-order valence-corrected chi connectivity index (χ4v) is 4.86. The lowest BCUT2D eigenvalue weighted by atomic mass is 9.97. The van der Waals surface area contributed by atoms with E-state index in [1.54, 1.807) is 27.8 Å². The second-order valence-corrected chi connectivity index (χ2v) is 9.94. The standard InChI is InChI=1S/C28H29F3N6O/c1-18-6-7-20(12-26(18)37-17-25(33-34-37)24-15-32-35(3)19(24)2)13-27(38)22-10-21(16-36-8-4-5-9-36)11-23(14-22)28(29,30)31/h6-7,10-12,14-15,17H,4-5,8-9,13,16H2,1-3H3. The van der Waals surface area contributed by atoms with E-state index in [4.69, 9.17) is 0 Å². The first-order valence-electron chi connectivity index (χ1n) is 12.6. The normalized spacial score (nSPS) is 14.4. The highest BCUT2D eigenvalue weighted by molar-refractivity contribution is 5.98. The van der Waals surface area contributed by atoms with Crippen LogP contribution in [0.25, 0.3) is 16.9 Å². The van der Waals surface area contributed by atoms with Crippen molar-refractivity contribution in [2.75, 3.05) is 13.1 Å². The number of likely N-dealkylation sites (tertiary alicyclic amines) is 1. The molecule has 7 nitrogen and oxygen atoms in total. The molecular weight excluding hydrogens is 493 g/mol. The number of nitrogens with zero attached hydrogens (tertiary/aromatic N) is 6. The number of benzene rings is 2. The van der Waals surface area contributed by atoms with Crippen molar-refractivity contribution < 1.29 is 18.0 Å². The van der Waals surface area contributed by atoms with Gasteiger partial charge in [-0.2, -0.15) is 18.3 Å². The molecule has 3 heterocycles. The molecular formula is C28H29F3N6O. The highest BCUT2D eigenvalue weighted by Gasteiger charge is 2.32. The van der Waals surface area contributed by atoms with Gasteiger partial charge in [0.15, 0.2) is 5.78 Å². The summed E-state index contributed by atoms with van der Waals surface area (Å²) in [5.74, 6) is -0.362. The summed E-state index contributed by atoms with van der Waals surface area (Å²) in [6.07, 6.45) is 1.06. The molecule has 0 saturated carbocycles. The third-order valence-electron chi connectivity index (χ3n) is 7.14. The van der Waals surface area contributed by atoms with Gasteiger partial charge >= 0.3 is 6.18 Å². The molecule has 0 bridgehead atoms. The molecule has 1 aliphatic heterocycles. The van der Waals surface area contributed by atoms with Crippen LogP contribution < -0.4 is 0 Å². The molecule has 0 radical (unpaired) electrons. The number of aromatic nitrogens is 5. The predicted octanol–water partition coefficient (Wildman–Crippen LogP) is 5.32. The summed E-state index contributed by atoms with van der Waals surface area (Å²) in [7, 11) is 1.85. The van der Waals surface area contributed by atoms with Gasteiger partial charge in [0.05, 0.1) is 23.6 Å². The maximum absolute atomic E-state index is 13.6. The molecule has 0 spiro atoms. The van der Waals surface area contributed by atoms with Crippen LogP contribution in [-0.2, 0) is 26.2 Å². The van der Waals surface area contributed by atoms with E-state index in [-0.39, 0.29) is 17.8 Å². The maximum atomic E-state index is 13.6. The number of rotatable bonds is 7. The Morgan fingerprint density at radius 1 is 1.03 bits per heavy atom. The van der Waals surface area contributed by atoms with Crippen LogP contribution in [0.1, 0.15) is 51.1 Å². The van der Waals surface area contributed by atoms with Gasteiger partial charge < -0.3 is 0 Å². The average molecular weight is 523 g/mol. The highest BCUT2D eigenvalue weighted by atomic mass is 19.4. The number of aryl methyl sites for hydroxylation is 2. The zero-order valence-electron chi connectivity index (χ0n) is 21.6.